The van der Waals surface area contributed by atoms with Gasteiger partial charge >= 0.3 is 12.2 Å². The molecule has 2 aromatic carbocycles. The van der Waals surface area contributed by atoms with Crippen LogP contribution >= 0.6 is 11.3 Å². The van der Waals surface area contributed by atoms with Crippen molar-refractivity contribution in [1.82, 2.24) is 45.8 Å². The zero-order valence-electron chi connectivity index (χ0n) is 36.1. The highest BCUT2D eigenvalue weighted by molar-refractivity contribution is 7.18. The summed E-state index contributed by atoms with van der Waals surface area (Å²) in [6, 6.07) is 10.5. The van der Waals surface area contributed by atoms with Gasteiger partial charge in [0.1, 0.15) is 34.5 Å². The van der Waals surface area contributed by atoms with E-state index in [4.69, 9.17) is 29.2 Å². The molecule has 3 aliphatic rings. The Kier molecular flexibility index (Phi) is 12.3. The minimum absolute atomic E-state index is 0.123. The fourth-order valence-electron chi connectivity index (χ4n) is 8.96. The average Bonchev–Trinajstić information content (AvgIpc) is 4.10. The molecule has 5 N–H and O–H groups in total. The summed E-state index contributed by atoms with van der Waals surface area (Å²) < 4.78 is 15.9. The highest BCUT2D eigenvalue weighted by Gasteiger charge is 2.41. The number of aromatic nitrogens is 5. The number of aromatic amines is 2. The Morgan fingerprint density at radius 1 is 0.887 bits per heavy atom. The Bertz CT molecular complexity index is 2470. The van der Waals surface area contributed by atoms with Crippen LogP contribution in [0.15, 0.2) is 42.6 Å². The van der Waals surface area contributed by atoms with Crippen LogP contribution < -0.4 is 20.7 Å². The SMILES string of the molecule is COC(=O)NC(C(=O)NC1(c2nc3ccc(-c4ncc(-c5ccc6c(c5)OCCc5[nH]c(C7CCCN7C(=O)C(NC(=O)OC)C(C)C)nc5-6)s4)cc3[nH]2)CCCCC1)C(C)C. The first-order valence-electron chi connectivity index (χ1n) is 21.5. The summed E-state index contributed by atoms with van der Waals surface area (Å²) >= 11 is 1.58. The third-order valence-corrected chi connectivity index (χ3v) is 13.4. The smallest absolute Gasteiger partial charge is 0.407 e. The molecule has 1 aliphatic carbocycles. The van der Waals surface area contributed by atoms with Crippen LogP contribution in [0.4, 0.5) is 9.59 Å². The minimum Gasteiger partial charge on any atom is -0.492 e. The minimum atomic E-state index is -0.757. The van der Waals surface area contributed by atoms with Crippen molar-refractivity contribution in [3.63, 3.8) is 0 Å². The van der Waals surface area contributed by atoms with Gasteiger partial charge in [-0.05, 0) is 73.4 Å². The van der Waals surface area contributed by atoms with Crippen LogP contribution in [0.5, 0.6) is 5.75 Å². The van der Waals surface area contributed by atoms with E-state index in [2.05, 4.69) is 38.1 Å². The van der Waals surface area contributed by atoms with Crippen molar-refractivity contribution < 1.29 is 33.4 Å². The number of benzene rings is 2. The normalized spacial score (nSPS) is 18.0. The number of hydrogen-bond acceptors (Lipinski definition) is 11. The molecule has 3 unspecified atom stereocenters. The van der Waals surface area contributed by atoms with Crippen molar-refractivity contribution in [1.29, 1.82) is 0 Å². The molecule has 3 atom stereocenters. The average molecular weight is 866 g/mol. The highest BCUT2D eigenvalue weighted by Crippen LogP contribution is 2.42. The van der Waals surface area contributed by atoms with Crippen LogP contribution in [0, 0.1) is 11.8 Å². The van der Waals surface area contributed by atoms with Crippen LogP contribution in [0.3, 0.4) is 0 Å². The van der Waals surface area contributed by atoms with Crippen molar-refractivity contribution in [3.8, 4) is 38.0 Å². The number of fused-ring (bicyclic) bond motifs is 4. The van der Waals surface area contributed by atoms with Crippen molar-refractivity contribution in [2.24, 2.45) is 11.8 Å². The summed E-state index contributed by atoms with van der Waals surface area (Å²) in [7, 11) is 2.58. The number of imidazole rings is 2. The lowest BCUT2D eigenvalue weighted by Gasteiger charge is -2.38. The maximum atomic E-state index is 13.8. The maximum Gasteiger partial charge on any atom is 0.407 e. The second-order valence-corrected chi connectivity index (χ2v) is 18.2. The number of rotatable bonds is 11. The van der Waals surface area contributed by atoms with Crippen molar-refractivity contribution >= 4 is 46.4 Å². The zero-order valence-corrected chi connectivity index (χ0v) is 36.9. The van der Waals surface area contributed by atoms with Gasteiger partial charge in [-0.3, -0.25) is 9.59 Å². The molecule has 2 aliphatic heterocycles. The van der Waals surface area contributed by atoms with Crippen molar-refractivity contribution in [3.05, 3.63) is 59.9 Å². The van der Waals surface area contributed by atoms with Gasteiger partial charge in [-0.25, -0.2) is 24.5 Å². The number of likely N-dealkylation sites (tertiary alicyclic amines) is 1. The molecule has 328 valence electrons. The predicted molar refractivity (Wildman–Crippen MR) is 234 cm³/mol. The molecule has 4 amide bonds. The number of hydrogen-bond donors (Lipinski definition) is 5. The number of ether oxygens (including phenoxy) is 3. The van der Waals surface area contributed by atoms with E-state index >= 15 is 0 Å². The third-order valence-electron chi connectivity index (χ3n) is 12.3. The number of nitrogens with zero attached hydrogens (tertiary/aromatic N) is 4. The predicted octanol–water partition coefficient (Wildman–Crippen LogP) is 7.38. The van der Waals surface area contributed by atoms with Gasteiger partial charge in [-0.2, -0.15) is 0 Å². The molecule has 5 heterocycles. The molecule has 1 saturated carbocycles. The van der Waals surface area contributed by atoms with E-state index in [1.807, 2.05) is 63.1 Å². The summed E-state index contributed by atoms with van der Waals surface area (Å²) in [4.78, 5) is 76.4. The summed E-state index contributed by atoms with van der Waals surface area (Å²) in [5.41, 5.74) is 5.50. The maximum absolute atomic E-state index is 13.8. The molecule has 62 heavy (non-hydrogen) atoms. The molecule has 3 aromatic heterocycles. The molecular weight excluding hydrogens is 811 g/mol. The van der Waals surface area contributed by atoms with Gasteiger partial charge in [0.15, 0.2) is 0 Å². The molecule has 0 spiro atoms. The van der Waals surface area contributed by atoms with Crippen molar-refractivity contribution in [2.45, 2.75) is 103 Å². The van der Waals surface area contributed by atoms with E-state index in [0.717, 1.165) is 106 Å². The number of nitrogens with one attached hydrogen (secondary N) is 5. The molecule has 2 fully saturated rings. The number of amides is 4. The van der Waals surface area contributed by atoms with Crippen molar-refractivity contribution in [2.75, 3.05) is 27.4 Å². The molecule has 16 nitrogen and oxygen atoms in total. The Morgan fingerprint density at radius 3 is 2.34 bits per heavy atom. The Morgan fingerprint density at radius 2 is 1.61 bits per heavy atom. The monoisotopic (exact) mass is 865 g/mol. The van der Waals surface area contributed by atoms with Crippen LogP contribution in [0.1, 0.15) is 96.0 Å². The molecule has 1 saturated heterocycles. The second-order valence-electron chi connectivity index (χ2n) is 17.1. The van der Waals surface area contributed by atoms with Crippen LogP contribution in [-0.4, -0.2) is 93.3 Å². The Hall–Kier alpha value is -5.97. The van der Waals surface area contributed by atoms with Crippen LogP contribution in [0.2, 0.25) is 0 Å². The molecule has 17 heteroatoms. The molecular formula is C45H55N9O7S. The number of H-pyrrole nitrogens is 2. The topological polar surface area (TPSA) is 206 Å². The first-order chi connectivity index (χ1) is 29.9. The van der Waals surface area contributed by atoms with E-state index in [9.17, 15) is 19.2 Å². The number of alkyl carbamates (subject to hydrolysis) is 2. The van der Waals surface area contributed by atoms with E-state index < -0.39 is 29.8 Å². The van der Waals surface area contributed by atoms with Gasteiger partial charge in [0.2, 0.25) is 11.8 Å². The zero-order chi connectivity index (χ0) is 43.7. The van der Waals surface area contributed by atoms with Gasteiger partial charge < -0.3 is 45.0 Å². The van der Waals surface area contributed by atoms with E-state index in [-0.39, 0.29) is 29.7 Å². The largest absolute Gasteiger partial charge is 0.492 e. The quantitative estimate of drug-likeness (QED) is 0.0891. The summed E-state index contributed by atoms with van der Waals surface area (Å²) in [5, 5.41) is 9.56. The standard InChI is InChI=1S/C45H55N9O7S/c1-24(2)35(51-43(57)59-5)39(55)53-45(17-8-7-9-18-45)42-48-29-15-13-27(21-31(29)49-42)40-46-23-34(62-40)26-12-14-28-33(22-26)61-20-16-30-37(28)50-38(47-30)32-11-10-19-54(32)41(56)36(25(3)4)52-44(58)60-6/h12-15,21-25,32,35-36H,7-11,16-20H2,1-6H3,(H,47,50)(H,48,49)(H,51,57)(H,52,58)(H,53,55). The van der Waals surface area contributed by atoms with Crippen LogP contribution in [0.25, 0.3) is 43.3 Å². The molecule has 0 bridgehead atoms. The Labute approximate surface area is 364 Å². The van der Waals surface area contributed by atoms with Crippen LogP contribution in [-0.2, 0) is 31.0 Å². The highest BCUT2D eigenvalue weighted by atomic mass is 32.1. The summed E-state index contributed by atoms with van der Waals surface area (Å²) in [5.74, 6) is 1.48. The van der Waals surface area contributed by atoms with Gasteiger partial charge in [0.05, 0.1) is 54.0 Å². The summed E-state index contributed by atoms with van der Waals surface area (Å²) in [6.07, 6.45) is 7.25. The second kappa shape index (κ2) is 17.8. The number of thiazole rings is 1. The fraction of sp³-hybridized carbons (Fsp3) is 0.489. The van der Waals surface area contributed by atoms with E-state index in [0.29, 0.717) is 25.4 Å². The number of carbonyl (C=O) groups excluding carboxylic acids is 4. The first kappa shape index (κ1) is 42.7. The fourth-order valence-corrected chi connectivity index (χ4v) is 9.87. The Balaban J connectivity index is 1.01. The number of carbonyl (C=O) groups is 4. The number of methoxy groups -OCH3 is 2. The third kappa shape index (κ3) is 8.46. The first-order valence-corrected chi connectivity index (χ1v) is 22.3. The van der Waals surface area contributed by atoms with Gasteiger partial charge in [0.25, 0.3) is 0 Å². The van der Waals surface area contributed by atoms with Gasteiger partial charge in [0, 0.05) is 36.0 Å². The summed E-state index contributed by atoms with van der Waals surface area (Å²) in [6.45, 7) is 8.63. The van der Waals surface area contributed by atoms with Gasteiger partial charge in [-0.1, -0.05) is 53.0 Å². The lowest BCUT2D eigenvalue weighted by molar-refractivity contribution is -0.135. The molecule has 8 rings (SSSR count). The lowest BCUT2D eigenvalue weighted by atomic mass is 9.80. The molecule has 5 aromatic rings. The van der Waals surface area contributed by atoms with Gasteiger partial charge in [-0.15, -0.1) is 11.3 Å². The lowest BCUT2D eigenvalue weighted by Crippen LogP contribution is -2.56. The molecule has 0 radical (unpaired) electrons. The van der Waals surface area contributed by atoms with E-state index in [1.165, 1.54) is 14.2 Å². The van der Waals surface area contributed by atoms with E-state index in [1.54, 1.807) is 11.3 Å².